The third-order valence-corrected chi connectivity index (χ3v) is 3.32. The van der Waals surface area contributed by atoms with Crippen molar-refractivity contribution in [1.29, 1.82) is 0 Å². The molecule has 2 rings (SSSR count). The molecule has 0 bridgehead atoms. The molecule has 0 aliphatic rings. The van der Waals surface area contributed by atoms with E-state index < -0.39 is 0 Å². The fraction of sp³-hybridized carbons (Fsp3) is 0.500. The van der Waals surface area contributed by atoms with Gasteiger partial charge in [0.15, 0.2) is 0 Å². The molecule has 0 aliphatic heterocycles. The second-order valence-corrected chi connectivity index (χ2v) is 5.40. The van der Waals surface area contributed by atoms with Crippen LogP contribution in [0, 0.1) is 6.92 Å². The molecule has 1 aromatic heterocycles. The van der Waals surface area contributed by atoms with Crippen LogP contribution in [0.1, 0.15) is 26.1 Å². The normalized spacial score (nSPS) is 12.1. The molecule has 4 nitrogen and oxygen atoms in total. The van der Waals surface area contributed by atoms with Crippen LogP contribution in [0.5, 0.6) is 0 Å². The number of nitrogens with zero attached hydrogens (tertiary/aromatic N) is 2. The van der Waals surface area contributed by atoms with Crippen LogP contribution in [-0.4, -0.2) is 26.8 Å². The molecule has 4 heteroatoms. The maximum atomic E-state index is 9.04. The van der Waals surface area contributed by atoms with Gasteiger partial charge in [-0.25, -0.2) is 4.98 Å². The molecule has 98 valence electrons. The highest BCUT2D eigenvalue weighted by Crippen LogP contribution is 2.23. The third-order valence-electron chi connectivity index (χ3n) is 3.32. The first kappa shape index (κ1) is 12.9. The zero-order valence-corrected chi connectivity index (χ0v) is 11.5. The first-order valence-corrected chi connectivity index (χ1v) is 6.25. The smallest absolute Gasteiger partial charge is 0.106 e. The van der Waals surface area contributed by atoms with Crippen molar-refractivity contribution in [3.63, 3.8) is 0 Å². The van der Waals surface area contributed by atoms with Gasteiger partial charge >= 0.3 is 0 Å². The Morgan fingerprint density at radius 3 is 2.78 bits per heavy atom. The lowest BCUT2D eigenvalue weighted by Gasteiger charge is -2.26. The van der Waals surface area contributed by atoms with Crippen molar-refractivity contribution in [2.45, 2.75) is 32.7 Å². The lowest BCUT2D eigenvalue weighted by Crippen LogP contribution is -2.31. The molecule has 0 aliphatic carbocycles. The Bertz CT molecular complexity index is 557. The van der Waals surface area contributed by atoms with Crippen LogP contribution < -0.4 is 5.32 Å². The second-order valence-electron chi connectivity index (χ2n) is 5.40. The van der Waals surface area contributed by atoms with E-state index in [4.69, 9.17) is 5.11 Å². The number of benzene rings is 1. The quantitative estimate of drug-likeness (QED) is 0.872. The summed E-state index contributed by atoms with van der Waals surface area (Å²) >= 11 is 0. The predicted octanol–water partition coefficient (Wildman–Crippen LogP) is 2.45. The van der Waals surface area contributed by atoms with Gasteiger partial charge in [0, 0.05) is 24.9 Å². The van der Waals surface area contributed by atoms with Gasteiger partial charge in [-0.15, -0.1) is 0 Å². The summed E-state index contributed by atoms with van der Waals surface area (Å²) in [5.74, 6) is 1.01. The molecule has 0 radical (unpaired) electrons. The topological polar surface area (TPSA) is 50.1 Å². The van der Waals surface area contributed by atoms with E-state index in [0.717, 1.165) is 22.5 Å². The number of hydrogen-bond donors (Lipinski definition) is 2. The Balaban J connectivity index is 2.30. The maximum absolute atomic E-state index is 9.04. The Morgan fingerprint density at radius 2 is 2.11 bits per heavy atom. The number of hydrogen-bond acceptors (Lipinski definition) is 3. The lowest BCUT2D eigenvalue weighted by atomic mass is 10.0. The summed E-state index contributed by atoms with van der Waals surface area (Å²) in [7, 11) is 2.02. The molecule has 0 amide bonds. The molecule has 18 heavy (non-hydrogen) atoms. The summed E-state index contributed by atoms with van der Waals surface area (Å²) in [6.45, 7) is 6.35. The SMILES string of the molecule is Cc1nc2cc(NC(C)(C)CCO)ccc2n1C. The molecule has 0 atom stereocenters. The maximum Gasteiger partial charge on any atom is 0.106 e. The summed E-state index contributed by atoms with van der Waals surface area (Å²) in [5.41, 5.74) is 3.06. The summed E-state index contributed by atoms with van der Waals surface area (Å²) in [6.07, 6.45) is 0.715. The molecule has 0 saturated carbocycles. The van der Waals surface area contributed by atoms with Gasteiger partial charge in [-0.2, -0.15) is 0 Å². The molecule has 0 unspecified atom stereocenters. The number of aliphatic hydroxyl groups excluding tert-OH is 1. The van der Waals surface area contributed by atoms with Crippen molar-refractivity contribution in [3.05, 3.63) is 24.0 Å². The number of aryl methyl sites for hydroxylation is 2. The van der Waals surface area contributed by atoms with Gasteiger partial charge in [0.05, 0.1) is 11.0 Å². The van der Waals surface area contributed by atoms with Crippen LogP contribution in [0.25, 0.3) is 11.0 Å². The van der Waals surface area contributed by atoms with Gasteiger partial charge in [-0.05, 0) is 45.4 Å². The van der Waals surface area contributed by atoms with Crippen molar-refractivity contribution in [2.24, 2.45) is 7.05 Å². The minimum absolute atomic E-state index is 0.119. The Hall–Kier alpha value is -1.55. The van der Waals surface area contributed by atoms with Crippen LogP contribution in [0.2, 0.25) is 0 Å². The largest absolute Gasteiger partial charge is 0.396 e. The van der Waals surface area contributed by atoms with Gasteiger partial charge in [0.25, 0.3) is 0 Å². The van der Waals surface area contributed by atoms with Gasteiger partial charge in [0.1, 0.15) is 5.82 Å². The standard InChI is InChI=1S/C14H21N3O/c1-10-15-12-9-11(5-6-13(12)17(10)4)16-14(2,3)7-8-18/h5-6,9,16,18H,7-8H2,1-4H3. The predicted molar refractivity (Wildman–Crippen MR) is 74.9 cm³/mol. The Kier molecular flexibility index (Phi) is 3.30. The van der Waals surface area contributed by atoms with Crippen LogP contribution in [-0.2, 0) is 7.05 Å². The zero-order valence-electron chi connectivity index (χ0n) is 11.5. The van der Waals surface area contributed by atoms with E-state index in [9.17, 15) is 0 Å². The molecular weight excluding hydrogens is 226 g/mol. The van der Waals surface area contributed by atoms with Gasteiger partial charge < -0.3 is 15.0 Å². The first-order valence-electron chi connectivity index (χ1n) is 6.25. The van der Waals surface area contributed by atoms with Crippen molar-refractivity contribution < 1.29 is 5.11 Å². The first-order chi connectivity index (χ1) is 8.43. The van der Waals surface area contributed by atoms with Gasteiger partial charge in [-0.3, -0.25) is 0 Å². The average molecular weight is 247 g/mol. The molecule has 2 aromatic rings. The molecule has 1 aromatic carbocycles. The summed E-state index contributed by atoms with van der Waals surface area (Å²) < 4.78 is 2.08. The molecule has 2 N–H and O–H groups in total. The summed E-state index contributed by atoms with van der Waals surface area (Å²) in [4.78, 5) is 4.52. The number of aliphatic hydroxyl groups is 1. The van der Waals surface area contributed by atoms with E-state index in [1.807, 2.05) is 14.0 Å². The number of fused-ring (bicyclic) bond motifs is 1. The van der Waals surface area contributed by atoms with Crippen molar-refractivity contribution in [1.82, 2.24) is 9.55 Å². The monoisotopic (exact) mass is 247 g/mol. The highest BCUT2D eigenvalue weighted by atomic mass is 16.3. The number of anilines is 1. The van der Waals surface area contributed by atoms with Crippen LogP contribution >= 0.6 is 0 Å². The van der Waals surface area contributed by atoms with Crippen molar-refractivity contribution in [3.8, 4) is 0 Å². The summed E-state index contributed by atoms with van der Waals surface area (Å²) in [5, 5.41) is 12.5. The minimum atomic E-state index is -0.119. The summed E-state index contributed by atoms with van der Waals surface area (Å²) in [6, 6.07) is 6.19. The van der Waals surface area contributed by atoms with Crippen LogP contribution in [0.15, 0.2) is 18.2 Å². The van der Waals surface area contributed by atoms with E-state index >= 15 is 0 Å². The van der Waals surface area contributed by atoms with Crippen LogP contribution in [0.4, 0.5) is 5.69 Å². The molecule has 0 saturated heterocycles. The van der Waals surface area contributed by atoms with Gasteiger partial charge in [0.2, 0.25) is 0 Å². The molecule has 1 heterocycles. The van der Waals surface area contributed by atoms with Crippen LogP contribution in [0.3, 0.4) is 0 Å². The second kappa shape index (κ2) is 4.61. The molecule has 0 spiro atoms. The fourth-order valence-electron chi connectivity index (χ4n) is 2.13. The van der Waals surface area contributed by atoms with Crippen molar-refractivity contribution >= 4 is 16.7 Å². The Morgan fingerprint density at radius 1 is 1.39 bits per heavy atom. The number of aromatic nitrogens is 2. The third kappa shape index (κ3) is 2.48. The van der Waals surface area contributed by atoms with Gasteiger partial charge in [-0.1, -0.05) is 0 Å². The molecular formula is C14H21N3O. The van der Waals surface area contributed by atoms with E-state index in [2.05, 4.69) is 46.9 Å². The number of nitrogens with one attached hydrogen (secondary N) is 1. The van der Waals surface area contributed by atoms with Crippen molar-refractivity contribution in [2.75, 3.05) is 11.9 Å². The lowest BCUT2D eigenvalue weighted by molar-refractivity contribution is 0.261. The van der Waals surface area contributed by atoms with E-state index in [1.165, 1.54) is 0 Å². The zero-order chi connectivity index (χ0) is 13.3. The average Bonchev–Trinajstić information content (AvgIpc) is 2.53. The Labute approximate surface area is 108 Å². The van der Waals surface area contributed by atoms with E-state index in [1.54, 1.807) is 0 Å². The highest BCUT2D eigenvalue weighted by molar-refractivity contribution is 5.80. The van der Waals surface area contributed by atoms with E-state index in [0.29, 0.717) is 6.42 Å². The molecule has 0 fully saturated rings. The number of imidazole rings is 1. The van der Waals surface area contributed by atoms with E-state index in [-0.39, 0.29) is 12.1 Å². The highest BCUT2D eigenvalue weighted by Gasteiger charge is 2.16. The minimum Gasteiger partial charge on any atom is -0.396 e. The fourth-order valence-corrected chi connectivity index (χ4v) is 2.13. The number of rotatable bonds is 4.